The second-order valence-corrected chi connectivity index (χ2v) is 7.23. The minimum absolute atomic E-state index is 0.159. The van der Waals surface area contributed by atoms with Gasteiger partial charge >= 0.3 is 0 Å². The largest absolute Gasteiger partial charge is 0.326 e. The summed E-state index contributed by atoms with van der Waals surface area (Å²) < 4.78 is 0. The number of carbonyl (C=O) groups excluding carboxylic acids is 1. The number of nitrogens with zero attached hydrogens (tertiary/aromatic N) is 2. The smallest absolute Gasteiger partial charge is 0.226 e. The Kier molecular flexibility index (Phi) is 4.18. The fraction of sp³-hybridized carbons (Fsp3) is 0.875. The normalized spacial score (nSPS) is 32.1. The first-order chi connectivity index (χ1) is 8.93. The number of rotatable bonds is 1. The topological polar surface area (TPSA) is 44.1 Å². The number of likely N-dealkylation sites (tertiary alicyclic amines) is 1. The maximum absolute atomic E-state index is 12.5. The minimum Gasteiger partial charge on any atom is -0.326 e. The Morgan fingerprint density at radius 2 is 1.79 bits per heavy atom. The molecular weight excluding hydrogens is 236 g/mol. The number of hydrogen-bond donors (Lipinski definition) is 0. The van der Waals surface area contributed by atoms with E-state index in [9.17, 15) is 4.79 Å². The van der Waals surface area contributed by atoms with Gasteiger partial charge in [0.15, 0.2) is 0 Å². The Hall–Kier alpha value is -1.04. The Bertz CT molecular complexity index is 369. The molecule has 0 spiro atoms. The average Bonchev–Trinajstić information content (AvgIpc) is 2.85. The Morgan fingerprint density at radius 3 is 2.32 bits per heavy atom. The predicted molar refractivity (Wildman–Crippen MR) is 75.3 cm³/mol. The molecule has 106 valence electrons. The van der Waals surface area contributed by atoms with Crippen LogP contribution in [0.25, 0.3) is 0 Å². The average molecular weight is 262 g/mol. The van der Waals surface area contributed by atoms with Gasteiger partial charge in [-0.25, -0.2) is 0 Å². The van der Waals surface area contributed by atoms with E-state index in [1.54, 1.807) is 0 Å². The second kappa shape index (κ2) is 5.53. The first-order valence-electron chi connectivity index (χ1n) is 7.63. The Balaban J connectivity index is 1.91. The fourth-order valence-electron chi connectivity index (χ4n) is 3.61. The summed E-state index contributed by atoms with van der Waals surface area (Å²) in [6.45, 7) is 7.68. The molecule has 2 rings (SSSR count). The number of carbonyl (C=O) groups is 1. The molecule has 1 aliphatic heterocycles. The third-order valence-electron chi connectivity index (χ3n) is 4.99. The van der Waals surface area contributed by atoms with Gasteiger partial charge in [-0.3, -0.25) is 4.79 Å². The maximum atomic E-state index is 12.5. The van der Waals surface area contributed by atoms with Gasteiger partial charge in [-0.2, -0.15) is 5.26 Å². The van der Waals surface area contributed by atoms with Gasteiger partial charge in [-0.1, -0.05) is 20.8 Å². The highest BCUT2D eigenvalue weighted by atomic mass is 16.2. The molecule has 1 aliphatic carbocycles. The molecule has 1 saturated heterocycles. The summed E-state index contributed by atoms with van der Waals surface area (Å²) >= 11 is 0. The third kappa shape index (κ3) is 3.11. The van der Waals surface area contributed by atoms with Crippen LogP contribution in [0.1, 0.15) is 59.3 Å². The van der Waals surface area contributed by atoms with Gasteiger partial charge in [-0.15, -0.1) is 0 Å². The molecule has 19 heavy (non-hydrogen) atoms. The lowest BCUT2D eigenvalue weighted by Gasteiger charge is -2.37. The zero-order valence-electron chi connectivity index (χ0n) is 12.5. The molecule has 0 N–H and O–H groups in total. The van der Waals surface area contributed by atoms with Crippen LogP contribution in [0.5, 0.6) is 0 Å². The van der Waals surface area contributed by atoms with Gasteiger partial charge in [0.1, 0.15) is 6.04 Å². The molecule has 0 bridgehead atoms. The van der Waals surface area contributed by atoms with Crippen molar-refractivity contribution in [2.75, 3.05) is 6.54 Å². The van der Waals surface area contributed by atoms with Crippen molar-refractivity contribution in [3.05, 3.63) is 0 Å². The van der Waals surface area contributed by atoms with Gasteiger partial charge in [0, 0.05) is 12.5 Å². The summed E-state index contributed by atoms with van der Waals surface area (Å²) in [6, 6.07) is 2.11. The highest BCUT2D eigenvalue weighted by Gasteiger charge is 2.37. The quantitative estimate of drug-likeness (QED) is 0.727. The predicted octanol–water partition coefficient (Wildman–Crippen LogP) is 3.35. The monoisotopic (exact) mass is 262 g/mol. The first kappa shape index (κ1) is 14.4. The van der Waals surface area contributed by atoms with Crippen molar-refractivity contribution in [2.45, 2.75) is 65.3 Å². The Morgan fingerprint density at radius 1 is 1.16 bits per heavy atom. The highest BCUT2D eigenvalue weighted by Crippen LogP contribution is 2.40. The van der Waals surface area contributed by atoms with Crippen molar-refractivity contribution in [1.29, 1.82) is 5.26 Å². The van der Waals surface area contributed by atoms with Crippen molar-refractivity contribution in [2.24, 2.45) is 17.3 Å². The number of nitriles is 1. The lowest BCUT2D eigenvalue weighted by molar-refractivity contribution is -0.137. The van der Waals surface area contributed by atoms with Crippen LogP contribution in [0.2, 0.25) is 0 Å². The van der Waals surface area contributed by atoms with Gasteiger partial charge in [0.05, 0.1) is 6.07 Å². The second-order valence-electron chi connectivity index (χ2n) is 7.23. The van der Waals surface area contributed by atoms with E-state index in [2.05, 4.69) is 26.8 Å². The summed E-state index contributed by atoms with van der Waals surface area (Å²) in [6.07, 6.45) is 6.18. The molecule has 1 heterocycles. The number of hydrogen-bond acceptors (Lipinski definition) is 2. The van der Waals surface area contributed by atoms with Crippen molar-refractivity contribution in [3.63, 3.8) is 0 Å². The summed E-state index contributed by atoms with van der Waals surface area (Å²) in [5, 5.41) is 9.09. The van der Waals surface area contributed by atoms with Crippen molar-refractivity contribution < 1.29 is 4.79 Å². The molecule has 1 amide bonds. The van der Waals surface area contributed by atoms with Gasteiger partial charge < -0.3 is 4.90 Å². The van der Waals surface area contributed by atoms with Gasteiger partial charge in [0.25, 0.3) is 0 Å². The first-order valence-corrected chi connectivity index (χ1v) is 7.63. The summed E-state index contributed by atoms with van der Waals surface area (Å²) in [4.78, 5) is 14.3. The number of amides is 1. The van der Waals surface area contributed by atoms with Crippen LogP contribution in [-0.2, 0) is 4.79 Å². The van der Waals surface area contributed by atoms with E-state index in [1.807, 2.05) is 4.90 Å². The van der Waals surface area contributed by atoms with Crippen LogP contribution in [-0.4, -0.2) is 23.4 Å². The van der Waals surface area contributed by atoms with Crippen molar-refractivity contribution >= 4 is 5.91 Å². The van der Waals surface area contributed by atoms with E-state index in [1.165, 1.54) is 0 Å². The van der Waals surface area contributed by atoms with Crippen LogP contribution in [0.15, 0.2) is 0 Å². The lowest BCUT2D eigenvalue weighted by atomic mass is 9.69. The molecule has 3 heteroatoms. The van der Waals surface area contributed by atoms with Crippen LogP contribution in [0, 0.1) is 28.6 Å². The fourth-order valence-corrected chi connectivity index (χ4v) is 3.61. The van der Waals surface area contributed by atoms with Gasteiger partial charge in [0.2, 0.25) is 5.91 Å². The minimum atomic E-state index is -0.159. The van der Waals surface area contributed by atoms with E-state index >= 15 is 0 Å². The molecule has 3 nitrogen and oxygen atoms in total. The molecule has 2 fully saturated rings. The van der Waals surface area contributed by atoms with Crippen LogP contribution >= 0.6 is 0 Å². The van der Waals surface area contributed by atoms with Gasteiger partial charge in [-0.05, 0) is 49.9 Å². The summed E-state index contributed by atoms with van der Waals surface area (Å²) in [7, 11) is 0. The van der Waals surface area contributed by atoms with E-state index in [0.717, 1.165) is 51.0 Å². The zero-order valence-corrected chi connectivity index (χ0v) is 12.5. The zero-order chi connectivity index (χ0) is 14.0. The Labute approximate surface area is 117 Å². The SMILES string of the molecule is CC(C)(C)C1CCC(C(=O)N2CCCC2C#N)CC1. The van der Waals surface area contributed by atoms with E-state index in [0.29, 0.717) is 5.41 Å². The summed E-state index contributed by atoms with van der Waals surface area (Å²) in [5.41, 5.74) is 0.358. The van der Waals surface area contributed by atoms with Crippen LogP contribution in [0.4, 0.5) is 0 Å². The molecule has 0 aromatic carbocycles. The third-order valence-corrected chi connectivity index (χ3v) is 4.99. The van der Waals surface area contributed by atoms with Crippen LogP contribution in [0.3, 0.4) is 0 Å². The highest BCUT2D eigenvalue weighted by molar-refractivity contribution is 5.79. The molecule has 0 radical (unpaired) electrons. The lowest BCUT2D eigenvalue weighted by Crippen LogP contribution is -2.41. The molecule has 1 unspecified atom stereocenters. The maximum Gasteiger partial charge on any atom is 0.226 e. The van der Waals surface area contributed by atoms with E-state index in [4.69, 9.17) is 5.26 Å². The van der Waals surface area contributed by atoms with E-state index < -0.39 is 0 Å². The molecular formula is C16H26N2O. The van der Waals surface area contributed by atoms with E-state index in [-0.39, 0.29) is 17.9 Å². The molecule has 0 aromatic heterocycles. The molecule has 0 aromatic rings. The summed E-state index contributed by atoms with van der Waals surface area (Å²) in [5.74, 6) is 1.16. The van der Waals surface area contributed by atoms with Crippen molar-refractivity contribution in [3.8, 4) is 6.07 Å². The standard InChI is InChI=1S/C16H26N2O/c1-16(2,3)13-8-6-12(7-9-13)15(19)18-10-4-5-14(18)11-17/h12-14H,4-10H2,1-3H3. The molecule has 2 aliphatic rings. The van der Waals surface area contributed by atoms with Crippen molar-refractivity contribution in [1.82, 2.24) is 4.90 Å². The molecule has 1 atom stereocenters. The molecule has 1 saturated carbocycles. The van der Waals surface area contributed by atoms with Crippen LogP contribution < -0.4 is 0 Å².